The third kappa shape index (κ3) is 2.21. The minimum absolute atomic E-state index is 0.511. The summed E-state index contributed by atoms with van der Waals surface area (Å²) in [6.45, 7) is 3.55. The lowest BCUT2D eigenvalue weighted by atomic mass is 10.0. The molecule has 2 aliphatic heterocycles. The Morgan fingerprint density at radius 3 is 2.50 bits per heavy atom. The van der Waals surface area contributed by atoms with Crippen molar-refractivity contribution < 1.29 is 9.90 Å². The lowest BCUT2D eigenvalue weighted by Gasteiger charge is -2.35. The number of likely N-dealkylation sites (tertiary alicyclic amines) is 2. The summed E-state index contributed by atoms with van der Waals surface area (Å²) in [5.41, 5.74) is 4.86. The van der Waals surface area contributed by atoms with Crippen LogP contribution < -0.4 is 5.73 Å². The maximum absolute atomic E-state index is 11.0. The molecule has 92 valence electrons. The lowest BCUT2D eigenvalue weighted by Crippen LogP contribution is -2.52. The van der Waals surface area contributed by atoms with Crippen LogP contribution in [0.1, 0.15) is 19.3 Å². The molecule has 0 spiro atoms. The fourth-order valence-electron chi connectivity index (χ4n) is 2.71. The number of carbonyl (C=O) groups is 1. The summed E-state index contributed by atoms with van der Waals surface area (Å²) < 4.78 is 0. The molecule has 0 radical (unpaired) electrons. The summed E-state index contributed by atoms with van der Waals surface area (Å²) >= 11 is 0. The molecule has 0 aromatic rings. The van der Waals surface area contributed by atoms with Gasteiger partial charge in [-0.3, -0.25) is 9.69 Å². The van der Waals surface area contributed by atoms with Gasteiger partial charge < -0.3 is 15.7 Å². The Balaban J connectivity index is 1.91. The van der Waals surface area contributed by atoms with Crippen LogP contribution in [0.15, 0.2) is 0 Å². The van der Waals surface area contributed by atoms with Crippen molar-refractivity contribution in [2.75, 3.05) is 33.2 Å². The van der Waals surface area contributed by atoms with E-state index in [1.54, 1.807) is 0 Å². The van der Waals surface area contributed by atoms with Crippen molar-refractivity contribution in [3.05, 3.63) is 0 Å². The lowest BCUT2D eigenvalue weighted by molar-refractivity contribution is -0.142. The Kier molecular flexibility index (Phi) is 3.19. The standard InChI is InChI=1S/C11H21N3O2/c1-13-5-2-9(3-6-13)14-7-4-11(12,8-14)10(15)16/h9H,2-8,12H2,1H3,(H,15,16). The van der Waals surface area contributed by atoms with Crippen molar-refractivity contribution in [1.82, 2.24) is 9.80 Å². The van der Waals surface area contributed by atoms with E-state index in [0.717, 1.165) is 32.5 Å². The summed E-state index contributed by atoms with van der Waals surface area (Å²) in [5, 5.41) is 9.07. The third-order valence-electron chi connectivity index (χ3n) is 3.96. The van der Waals surface area contributed by atoms with Gasteiger partial charge in [0.05, 0.1) is 0 Å². The molecule has 3 N–H and O–H groups in total. The predicted molar refractivity (Wildman–Crippen MR) is 61.3 cm³/mol. The minimum atomic E-state index is -1.01. The van der Waals surface area contributed by atoms with E-state index in [-0.39, 0.29) is 0 Å². The van der Waals surface area contributed by atoms with Crippen LogP contribution in [-0.4, -0.2) is 65.7 Å². The maximum atomic E-state index is 11.0. The van der Waals surface area contributed by atoms with E-state index in [1.165, 1.54) is 0 Å². The molecule has 5 nitrogen and oxygen atoms in total. The van der Waals surface area contributed by atoms with Gasteiger partial charge in [-0.25, -0.2) is 0 Å². The van der Waals surface area contributed by atoms with Crippen LogP contribution in [0, 0.1) is 0 Å². The molecule has 1 unspecified atom stereocenters. The van der Waals surface area contributed by atoms with E-state index >= 15 is 0 Å². The van der Waals surface area contributed by atoms with Crippen molar-refractivity contribution in [2.45, 2.75) is 30.8 Å². The highest BCUT2D eigenvalue weighted by molar-refractivity contribution is 5.79. The van der Waals surface area contributed by atoms with Gasteiger partial charge in [-0.05, 0) is 39.4 Å². The van der Waals surface area contributed by atoms with E-state index in [4.69, 9.17) is 10.8 Å². The van der Waals surface area contributed by atoms with Crippen LogP contribution in [0.2, 0.25) is 0 Å². The van der Waals surface area contributed by atoms with Gasteiger partial charge in [-0.1, -0.05) is 0 Å². The Hall–Kier alpha value is -0.650. The molecule has 0 aromatic heterocycles. The second-order valence-corrected chi connectivity index (χ2v) is 5.22. The highest BCUT2D eigenvalue weighted by Crippen LogP contribution is 2.25. The third-order valence-corrected chi connectivity index (χ3v) is 3.96. The second kappa shape index (κ2) is 4.31. The van der Waals surface area contributed by atoms with Crippen molar-refractivity contribution in [2.24, 2.45) is 5.73 Å². The average molecular weight is 227 g/mol. The first kappa shape index (κ1) is 11.8. The molecule has 5 heteroatoms. The number of hydrogen-bond acceptors (Lipinski definition) is 4. The van der Waals surface area contributed by atoms with Crippen molar-refractivity contribution in [1.29, 1.82) is 0 Å². The number of carboxylic acid groups (broad SMARTS) is 1. The van der Waals surface area contributed by atoms with Crippen molar-refractivity contribution in [3.63, 3.8) is 0 Å². The Labute approximate surface area is 96.2 Å². The second-order valence-electron chi connectivity index (χ2n) is 5.22. The van der Waals surface area contributed by atoms with Crippen LogP contribution in [0.3, 0.4) is 0 Å². The molecule has 0 aromatic carbocycles. The topological polar surface area (TPSA) is 69.8 Å². The monoisotopic (exact) mass is 227 g/mol. The zero-order chi connectivity index (χ0) is 11.8. The Morgan fingerprint density at radius 1 is 1.38 bits per heavy atom. The quantitative estimate of drug-likeness (QED) is 0.670. The van der Waals surface area contributed by atoms with Gasteiger partial charge in [0.1, 0.15) is 5.54 Å². The largest absolute Gasteiger partial charge is 0.480 e. The van der Waals surface area contributed by atoms with Crippen LogP contribution >= 0.6 is 0 Å². The number of nitrogens with zero attached hydrogens (tertiary/aromatic N) is 2. The highest BCUT2D eigenvalue weighted by atomic mass is 16.4. The van der Waals surface area contributed by atoms with Crippen molar-refractivity contribution >= 4 is 5.97 Å². The zero-order valence-electron chi connectivity index (χ0n) is 9.85. The number of aliphatic carboxylic acids is 1. The summed E-state index contributed by atoms with van der Waals surface area (Å²) in [6.07, 6.45) is 2.84. The number of piperidine rings is 1. The first-order valence-electron chi connectivity index (χ1n) is 5.96. The molecule has 2 saturated heterocycles. The van der Waals surface area contributed by atoms with E-state index in [9.17, 15) is 4.79 Å². The van der Waals surface area contributed by atoms with Crippen LogP contribution in [-0.2, 0) is 4.79 Å². The van der Waals surface area contributed by atoms with E-state index < -0.39 is 11.5 Å². The zero-order valence-corrected chi connectivity index (χ0v) is 9.85. The molecule has 0 amide bonds. The molecule has 2 heterocycles. The number of hydrogen-bond donors (Lipinski definition) is 2. The smallest absolute Gasteiger partial charge is 0.325 e. The van der Waals surface area contributed by atoms with Gasteiger partial charge in [-0.15, -0.1) is 0 Å². The summed E-state index contributed by atoms with van der Waals surface area (Å²) in [5.74, 6) is -0.858. The molecule has 16 heavy (non-hydrogen) atoms. The molecule has 0 bridgehead atoms. The van der Waals surface area contributed by atoms with Crippen LogP contribution in [0.25, 0.3) is 0 Å². The fraction of sp³-hybridized carbons (Fsp3) is 0.909. The van der Waals surface area contributed by atoms with E-state index in [1.807, 2.05) is 0 Å². The molecule has 2 fully saturated rings. The van der Waals surface area contributed by atoms with Gasteiger partial charge in [-0.2, -0.15) is 0 Å². The fourth-order valence-corrected chi connectivity index (χ4v) is 2.71. The molecule has 0 saturated carbocycles. The first-order valence-corrected chi connectivity index (χ1v) is 5.96. The van der Waals surface area contributed by atoms with Crippen molar-refractivity contribution in [3.8, 4) is 0 Å². The molecular formula is C11H21N3O2. The molecule has 2 rings (SSSR count). The summed E-state index contributed by atoms with van der Waals surface area (Å²) in [4.78, 5) is 15.6. The normalized spacial score (nSPS) is 34.4. The number of nitrogens with two attached hydrogens (primary N) is 1. The molecule has 0 aliphatic carbocycles. The van der Waals surface area contributed by atoms with E-state index in [0.29, 0.717) is 19.0 Å². The Bertz CT molecular complexity index is 276. The van der Waals surface area contributed by atoms with Crippen LogP contribution in [0.4, 0.5) is 0 Å². The van der Waals surface area contributed by atoms with Crippen LogP contribution in [0.5, 0.6) is 0 Å². The Morgan fingerprint density at radius 2 is 2.00 bits per heavy atom. The first-order chi connectivity index (χ1) is 7.51. The highest BCUT2D eigenvalue weighted by Gasteiger charge is 2.43. The number of rotatable bonds is 2. The summed E-state index contributed by atoms with van der Waals surface area (Å²) in [6, 6.07) is 0.529. The summed E-state index contributed by atoms with van der Waals surface area (Å²) in [7, 11) is 2.13. The SMILES string of the molecule is CN1CCC(N2CCC(N)(C(=O)O)C2)CC1. The van der Waals surface area contributed by atoms with Gasteiger partial charge in [0.15, 0.2) is 0 Å². The van der Waals surface area contributed by atoms with E-state index in [2.05, 4.69) is 16.8 Å². The minimum Gasteiger partial charge on any atom is -0.480 e. The number of carboxylic acids is 1. The van der Waals surface area contributed by atoms with Gasteiger partial charge in [0, 0.05) is 19.1 Å². The maximum Gasteiger partial charge on any atom is 0.325 e. The van der Waals surface area contributed by atoms with Gasteiger partial charge in [0.2, 0.25) is 0 Å². The molecule has 1 atom stereocenters. The average Bonchev–Trinajstić information content (AvgIpc) is 2.63. The molecular weight excluding hydrogens is 206 g/mol. The van der Waals surface area contributed by atoms with Gasteiger partial charge >= 0.3 is 5.97 Å². The predicted octanol–water partition coefficient (Wildman–Crippen LogP) is -0.432. The molecule has 2 aliphatic rings. The van der Waals surface area contributed by atoms with Gasteiger partial charge in [0.25, 0.3) is 0 Å².